The average Bonchev–Trinajstić information content (AvgIpc) is 1.87. The van der Waals surface area contributed by atoms with Gasteiger partial charge in [-0.1, -0.05) is 6.92 Å². The van der Waals surface area contributed by atoms with Crippen LogP contribution in [0.25, 0.3) is 0 Å². The molecule has 0 aliphatic rings. The minimum absolute atomic E-state index is 0.0258. The molecular weight excluding hydrogens is 134 g/mol. The SMILES string of the molecule is CCC(=O)NCOC(C)=O. The number of carbonyl (C=O) groups excluding carboxylic acids is 2. The number of hydrogen-bond donors (Lipinski definition) is 1. The fraction of sp³-hybridized carbons (Fsp3) is 0.667. The van der Waals surface area contributed by atoms with E-state index >= 15 is 0 Å². The van der Waals surface area contributed by atoms with Crippen molar-refractivity contribution >= 4 is 11.9 Å². The minimum atomic E-state index is -0.392. The molecule has 4 heteroatoms. The molecule has 0 atom stereocenters. The molecule has 0 bridgehead atoms. The van der Waals surface area contributed by atoms with E-state index in [4.69, 9.17) is 0 Å². The van der Waals surface area contributed by atoms with Crippen LogP contribution in [0.1, 0.15) is 20.3 Å². The van der Waals surface area contributed by atoms with Gasteiger partial charge in [-0.2, -0.15) is 0 Å². The maximum Gasteiger partial charge on any atom is 0.304 e. The normalized spacial score (nSPS) is 8.60. The zero-order valence-corrected chi connectivity index (χ0v) is 6.14. The lowest BCUT2D eigenvalue weighted by atomic mass is 10.5. The van der Waals surface area contributed by atoms with Gasteiger partial charge >= 0.3 is 5.97 Å². The molecule has 0 fully saturated rings. The van der Waals surface area contributed by atoms with Crippen LogP contribution < -0.4 is 5.32 Å². The van der Waals surface area contributed by atoms with Crippen molar-refractivity contribution in [2.24, 2.45) is 0 Å². The Balaban J connectivity index is 3.20. The van der Waals surface area contributed by atoms with E-state index in [0.717, 1.165) is 0 Å². The maximum absolute atomic E-state index is 10.5. The summed E-state index contributed by atoms with van der Waals surface area (Å²) in [7, 11) is 0. The molecule has 4 nitrogen and oxygen atoms in total. The third kappa shape index (κ3) is 5.08. The Hall–Kier alpha value is -1.06. The van der Waals surface area contributed by atoms with Crippen molar-refractivity contribution < 1.29 is 14.3 Å². The molecular formula is C6H11NO3. The van der Waals surface area contributed by atoms with Crippen molar-refractivity contribution in [2.75, 3.05) is 6.73 Å². The highest BCUT2D eigenvalue weighted by Crippen LogP contribution is 1.76. The van der Waals surface area contributed by atoms with E-state index in [1.807, 2.05) is 0 Å². The topological polar surface area (TPSA) is 55.4 Å². The first-order chi connectivity index (χ1) is 4.66. The molecule has 0 aromatic heterocycles. The Kier molecular flexibility index (Phi) is 4.28. The molecule has 0 rings (SSSR count). The summed E-state index contributed by atoms with van der Waals surface area (Å²) < 4.78 is 4.44. The zero-order chi connectivity index (χ0) is 7.98. The van der Waals surface area contributed by atoms with Gasteiger partial charge in [0.05, 0.1) is 0 Å². The van der Waals surface area contributed by atoms with Crippen LogP contribution in [0.2, 0.25) is 0 Å². The van der Waals surface area contributed by atoms with Crippen LogP contribution in [0.3, 0.4) is 0 Å². The van der Waals surface area contributed by atoms with Gasteiger partial charge in [0.2, 0.25) is 5.91 Å². The van der Waals surface area contributed by atoms with Gasteiger partial charge in [-0.15, -0.1) is 0 Å². The van der Waals surface area contributed by atoms with Gasteiger partial charge in [-0.25, -0.2) is 0 Å². The van der Waals surface area contributed by atoms with Crippen LogP contribution in [-0.2, 0) is 14.3 Å². The number of hydrogen-bond acceptors (Lipinski definition) is 3. The van der Waals surface area contributed by atoms with Gasteiger partial charge in [0.25, 0.3) is 0 Å². The van der Waals surface area contributed by atoms with Crippen LogP contribution in [-0.4, -0.2) is 18.6 Å². The van der Waals surface area contributed by atoms with Gasteiger partial charge in [0.1, 0.15) is 0 Å². The van der Waals surface area contributed by atoms with Crippen molar-refractivity contribution in [1.82, 2.24) is 5.32 Å². The lowest BCUT2D eigenvalue weighted by molar-refractivity contribution is -0.142. The predicted molar refractivity (Wildman–Crippen MR) is 35.1 cm³/mol. The molecule has 10 heavy (non-hydrogen) atoms. The Morgan fingerprint density at radius 3 is 2.50 bits per heavy atom. The third-order valence-corrected chi connectivity index (χ3v) is 0.866. The van der Waals surface area contributed by atoms with Crippen LogP contribution >= 0.6 is 0 Å². The molecule has 0 spiro atoms. The third-order valence-electron chi connectivity index (χ3n) is 0.866. The Bertz CT molecular complexity index is 133. The number of nitrogens with one attached hydrogen (secondary N) is 1. The molecule has 0 aromatic rings. The van der Waals surface area contributed by atoms with E-state index in [-0.39, 0.29) is 12.6 Å². The predicted octanol–water partition coefficient (Wildman–Crippen LogP) is 0.0332. The van der Waals surface area contributed by atoms with Crippen LogP contribution in [0.5, 0.6) is 0 Å². The highest BCUT2D eigenvalue weighted by atomic mass is 16.5. The van der Waals surface area contributed by atoms with Crippen molar-refractivity contribution in [3.63, 3.8) is 0 Å². The van der Waals surface area contributed by atoms with E-state index in [1.165, 1.54) is 6.92 Å². The van der Waals surface area contributed by atoms with Crippen molar-refractivity contribution in [1.29, 1.82) is 0 Å². The van der Waals surface area contributed by atoms with Crippen molar-refractivity contribution in [3.05, 3.63) is 0 Å². The van der Waals surface area contributed by atoms with E-state index < -0.39 is 5.97 Å². The number of ether oxygens (including phenoxy) is 1. The van der Waals surface area contributed by atoms with Gasteiger partial charge in [0.15, 0.2) is 6.73 Å². The summed E-state index contributed by atoms with van der Waals surface area (Å²) in [4.78, 5) is 20.6. The van der Waals surface area contributed by atoms with E-state index in [1.54, 1.807) is 6.92 Å². The second-order valence-corrected chi connectivity index (χ2v) is 1.73. The highest BCUT2D eigenvalue weighted by molar-refractivity contribution is 5.75. The standard InChI is InChI=1S/C6H11NO3/c1-3-6(9)7-4-10-5(2)8/h3-4H2,1-2H3,(H,7,9). The van der Waals surface area contributed by atoms with Crippen LogP contribution in [0, 0.1) is 0 Å². The first-order valence-electron chi connectivity index (χ1n) is 3.07. The Labute approximate surface area is 59.6 Å². The van der Waals surface area contributed by atoms with E-state index in [0.29, 0.717) is 6.42 Å². The molecule has 58 valence electrons. The summed E-state index contributed by atoms with van der Waals surface area (Å²) in [5, 5.41) is 2.38. The second kappa shape index (κ2) is 4.78. The fourth-order valence-electron chi connectivity index (χ4n) is 0.343. The smallest absolute Gasteiger partial charge is 0.304 e. The minimum Gasteiger partial charge on any atom is -0.445 e. The largest absolute Gasteiger partial charge is 0.445 e. The summed E-state index contributed by atoms with van der Waals surface area (Å²) in [6, 6.07) is 0. The molecule has 0 saturated heterocycles. The summed E-state index contributed by atoms with van der Waals surface area (Å²) in [6.45, 7) is 2.99. The van der Waals surface area contributed by atoms with E-state index in [9.17, 15) is 9.59 Å². The number of carbonyl (C=O) groups is 2. The van der Waals surface area contributed by atoms with Gasteiger partial charge in [-0.3, -0.25) is 9.59 Å². The Morgan fingerprint density at radius 2 is 2.10 bits per heavy atom. The van der Waals surface area contributed by atoms with Gasteiger partial charge < -0.3 is 10.1 Å². The summed E-state index contributed by atoms with van der Waals surface area (Å²) in [5.41, 5.74) is 0. The lowest BCUT2D eigenvalue weighted by Gasteiger charge is -2.01. The number of rotatable bonds is 3. The molecule has 0 aliphatic carbocycles. The first-order valence-corrected chi connectivity index (χ1v) is 3.07. The zero-order valence-electron chi connectivity index (χ0n) is 6.14. The monoisotopic (exact) mass is 145 g/mol. The van der Waals surface area contributed by atoms with Crippen LogP contribution in [0.4, 0.5) is 0 Å². The second-order valence-electron chi connectivity index (χ2n) is 1.73. The quantitative estimate of drug-likeness (QED) is 0.450. The lowest BCUT2D eigenvalue weighted by Crippen LogP contribution is -2.26. The van der Waals surface area contributed by atoms with Crippen LogP contribution in [0.15, 0.2) is 0 Å². The molecule has 0 aliphatic heterocycles. The van der Waals surface area contributed by atoms with E-state index in [2.05, 4.69) is 10.1 Å². The molecule has 0 saturated carbocycles. The Morgan fingerprint density at radius 1 is 1.50 bits per heavy atom. The molecule has 0 aromatic carbocycles. The fourth-order valence-corrected chi connectivity index (χ4v) is 0.343. The first kappa shape index (κ1) is 8.94. The molecule has 1 amide bonds. The molecule has 0 unspecified atom stereocenters. The van der Waals surface area contributed by atoms with Gasteiger partial charge in [-0.05, 0) is 0 Å². The molecule has 1 N–H and O–H groups in total. The number of esters is 1. The summed E-state index contributed by atoms with van der Waals surface area (Å²) >= 11 is 0. The summed E-state index contributed by atoms with van der Waals surface area (Å²) in [5.74, 6) is -0.516. The molecule has 0 radical (unpaired) electrons. The highest BCUT2D eigenvalue weighted by Gasteiger charge is 1.95. The molecule has 0 heterocycles. The van der Waals surface area contributed by atoms with Crippen molar-refractivity contribution in [3.8, 4) is 0 Å². The van der Waals surface area contributed by atoms with Crippen molar-refractivity contribution in [2.45, 2.75) is 20.3 Å². The summed E-state index contributed by atoms with van der Waals surface area (Å²) in [6.07, 6.45) is 0.404. The maximum atomic E-state index is 10.5. The average molecular weight is 145 g/mol. The number of amides is 1. The van der Waals surface area contributed by atoms with Gasteiger partial charge in [0, 0.05) is 13.3 Å².